The number of nitrogens with zero attached hydrogens (tertiary/aromatic N) is 1. The second kappa shape index (κ2) is 6.33. The third-order valence-corrected chi connectivity index (χ3v) is 5.15. The highest BCUT2D eigenvalue weighted by molar-refractivity contribution is 9.10. The van der Waals surface area contributed by atoms with Gasteiger partial charge in [0.05, 0.1) is 7.11 Å². The molecule has 1 aromatic rings. The summed E-state index contributed by atoms with van der Waals surface area (Å²) in [5, 5.41) is 10.5. The first-order valence-electron chi connectivity index (χ1n) is 7.01. The molecule has 1 heterocycles. The SMILES string of the molecule is CCc1cc(OC)c(O)c(C2CC(CN)CN2C)c1Br. The quantitative estimate of drug-likeness (QED) is 0.883. The molecule has 2 unspecified atom stereocenters. The van der Waals surface area contributed by atoms with Gasteiger partial charge in [-0.2, -0.15) is 0 Å². The summed E-state index contributed by atoms with van der Waals surface area (Å²) in [6.07, 6.45) is 1.86. The Morgan fingerprint density at radius 1 is 1.55 bits per heavy atom. The maximum Gasteiger partial charge on any atom is 0.163 e. The van der Waals surface area contributed by atoms with Crippen LogP contribution in [0.1, 0.15) is 30.5 Å². The molecule has 112 valence electrons. The van der Waals surface area contributed by atoms with Gasteiger partial charge in [-0.05, 0) is 44.0 Å². The topological polar surface area (TPSA) is 58.7 Å². The number of aromatic hydroxyl groups is 1. The summed E-state index contributed by atoms with van der Waals surface area (Å²) in [5.74, 6) is 1.27. The average molecular weight is 343 g/mol. The van der Waals surface area contributed by atoms with Gasteiger partial charge >= 0.3 is 0 Å². The summed E-state index contributed by atoms with van der Waals surface area (Å²) < 4.78 is 6.31. The predicted octanol–water partition coefficient (Wildman–Crippen LogP) is 2.68. The monoisotopic (exact) mass is 342 g/mol. The summed E-state index contributed by atoms with van der Waals surface area (Å²) >= 11 is 3.66. The van der Waals surface area contributed by atoms with Crippen molar-refractivity contribution in [2.75, 3.05) is 27.2 Å². The van der Waals surface area contributed by atoms with Gasteiger partial charge in [0.15, 0.2) is 11.5 Å². The fourth-order valence-corrected chi connectivity index (χ4v) is 3.88. The lowest BCUT2D eigenvalue weighted by Crippen LogP contribution is -2.21. The third-order valence-electron chi connectivity index (χ3n) is 4.21. The molecule has 1 saturated heterocycles. The van der Waals surface area contributed by atoms with Crippen molar-refractivity contribution >= 4 is 15.9 Å². The third kappa shape index (κ3) is 2.67. The van der Waals surface area contributed by atoms with E-state index in [1.165, 1.54) is 0 Å². The number of ether oxygens (including phenoxy) is 1. The molecule has 2 rings (SSSR count). The maximum atomic E-state index is 10.5. The number of halogens is 1. The Labute approximate surface area is 129 Å². The van der Waals surface area contributed by atoms with Crippen LogP contribution in [0.5, 0.6) is 11.5 Å². The molecule has 0 bridgehead atoms. The fraction of sp³-hybridized carbons (Fsp3) is 0.600. The minimum atomic E-state index is 0.179. The Kier molecular flexibility index (Phi) is 4.94. The summed E-state index contributed by atoms with van der Waals surface area (Å²) in [6.45, 7) is 3.75. The molecule has 0 aliphatic carbocycles. The van der Waals surface area contributed by atoms with Crippen molar-refractivity contribution < 1.29 is 9.84 Å². The van der Waals surface area contributed by atoms with Gasteiger partial charge in [0.1, 0.15) is 0 Å². The Bertz CT molecular complexity index is 465. The Balaban J connectivity index is 2.50. The van der Waals surface area contributed by atoms with Gasteiger partial charge in [0.2, 0.25) is 0 Å². The molecule has 3 N–H and O–H groups in total. The van der Waals surface area contributed by atoms with Crippen molar-refractivity contribution in [2.24, 2.45) is 11.7 Å². The number of nitrogens with two attached hydrogens (primary N) is 1. The van der Waals surface area contributed by atoms with Crippen molar-refractivity contribution in [3.8, 4) is 11.5 Å². The van der Waals surface area contributed by atoms with Crippen LogP contribution in [0.25, 0.3) is 0 Å². The first kappa shape index (κ1) is 15.6. The lowest BCUT2D eigenvalue weighted by atomic mass is 9.96. The predicted molar refractivity (Wildman–Crippen MR) is 84.3 cm³/mol. The number of phenolic OH excluding ortho intramolecular Hbond substituents is 1. The summed E-state index contributed by atoms with van der Waals surface area (Å²) in [7, 11) is 3.67. The van der Waals surface area contributed by atoms with E-state index in [-0.39, 0.29) is 11.8 Å². The number of benzene rings is 1. The van der Waals surface area contributed by atoms with E-state index in [9.17, 15) is 5.11 Å². The van der Waals surface area contributed by atoms with Crippen molar-refractivity contribution in [2.45, 2.75) is 25.8 Å². The van der Waals surface area contributed by atoms with Crippen LogP contribution in [0.15, 0.2) is 10.5 Å². The van der Waals surface area contributed by atoms with E-state index in [0.717, 1.165) is 35.0 Å². The van der Waals surface area contributed by atoms with Gasteiger partial charge in [-0.3, -0.25) is 4.90 Å². The number of methoxy groups -OCH3 is 1. The highest BCUT2D eigenvalue weighted by Gasteiger charge is 2.34. The van der Waals surface area contributed by atoms with Crippen molar-refractivity contribution in [1.29, 1.82) is 0 Å². The Hall–Kier alpha value is -0.780. The molecule has 2 atom stereocenters. The summed E-state index contributed by atoms with van der Waals surface area (Å²) in [5.41, 5.74) is 7.88. The molecule has 5 heteroatoms. The van der Waals surface area contributed by atoms with Gasteiger partial charge in [-0.1, -0.05) is 22.9 Å². The molecule has 20 heavy (non-hydrogen) atoms. The molecular formula is C15H23BrN2O2. The molecule has 0 amide bonds. The van der Waals surface area contributed by atoms with Gasteiger partial charge in [-0.15, -0.1) is 0 Å². The molecule has 1 fully saturated rings. The molecule has 1 aliphatic rings. The standard InChI is InChI=1S/C15H23BrN2O2/c1-4-10-6-12(20-3)15(19)13(14(10)16)11-5-9(7-17)8-18(11)2/h6,9,11,19H,4-5,7-8,17H2,1-3H3. The smallest absolute Gasteiger partial charge is 0.163 e. The number of hydrogen-bond acceptors (Lipinski definition) is 4. The van der Waals surface area contributed by atoms with Crippen molar-refractivity contribution in [3.05, 3.63) is 21.7 Å². The highest BCUT2D eigenvalue weighted by atomic mass is 79.9. The van der Waals surface area contributed by atoms with Crippen LogP contribution in [-0.2, 0) is 6.42 Å². The van der Waals surface area contributed by atoms with Gasteiger partial charge < -0.3 is 15.6 Å². The zero-order valence-corrected chi connectivity index (χ0v) is 13.9. The number of hydrogen-bond donors (Lipinski definition) is 2. The van der Waals surface area contributed by atoms with Gasteiger partial charge in [0, 0.05) is 22.6 Å². The molecule has 0 spiro atoms. The highest BCUT2D eigenvalue weighted by Crippen LogP contribution is 2.47. The van der Waals surface area contributed by atoms with E-state index < -0.39 is 0 Å². The molecule has 1 aromatic carbocycles. The van der Waals surface area contributed by atoms with E-state index in [2.05, 4.69) is 34.8 Å². The summed E-state index contributed by atoms with van der Waals surface area (Å²) in [6, 6.07) is 2.08. The fourth-order valence-electron chi connectivity index (χ4n) is 3.03. The lowest BCUT2D eigenvalue weighted by molar-refractivity contribution is 0.299. The van der Waals surface area contributed by atoms with E-state index in [0.29, 0.717) is 18.2 Å². The average Bonchev–Trinajstić information content (AvgIpc) is 2.81. The minimum absolute atomic E-state index is 0.179. The molecule has 4 nitrogen and oxygen atoms in total. The Morgan fingerprint density at radius 2 is 2.25 bits per heavy atom. The van der Waals surface area contributed by atoms with Crippen molar-refractivity contribution in [1.82, 2.24) is 4.90 Å². The molecule has 1 aliphatic heterocycles. The van der Waals surface area contributed by atoms with Crippen molar-refractivity contribution in [3.63, 3.8) is 0 Å². The first-order valence-corrected chi connectivity index (χ1v) is 7.81. The van der Waals surface area contributed by atoms with Gasteiger partial charge in [0.25, 0.3) is 0 Å². The number of phenols is 1. The first-order chi connectivity index (χ1) is 9.53. The molecule has 0 aromatic heterocycles. The second-order valence-corrected chi connectivity index (χ2v) is 6.25. The van der Waals surface area contributed by atoms with E-state index in [1.54, 1.807) is 7.11 Å². The largest absolute Gasteiger partial charge is 0.504 e. The van der Waals surface area contributed by atoms with Crippen LogP contribution in [0.4, 0.5) is 0 Å². The normalized spacial score (nSPS) is 23.2. The van der Waals surface area contributed by atoms with Crippen LogP contribution in [-0.4, -0.2) is 37.3 Å². The molecule has 0 radical (unpaired) electrons. The zero-order chi connectivity index (χ0) is 14.9. The number of likely N-dealkylation sites (tertiary alicyclic amines) is 1. The molecular weight excluding hydrogens is 320 g/mol. The van der Waals surface area contributed by atoms with Gasteiger partial charge in [-0.25, -0.2) is 0 Å². The van der Waals surface area contributed by atoms with E-state index >= 15 is 0 Å². The van der Waals surface area contributed by atoms with Crippen LogP contribution >= 0.6 is 15.9 Å². The lowest BCUT2D eigenvalue weighted by Gasteiger charge is -2.24. The zero-order valence-electron chi connectivity index (χ0n) is 12.3. The minimum Gasteiger partial charge on any atom is -0.504 e. The van der Waals surface area contributed by atoms with E-state index in [1.807, 2.05) is 6.07 Å². The van der Waals surface area contributed by atoms with E-state index in [4.69, 9.17) is 10.5 Å². The number of aryl methyl sites for hydroxylation is 1. The van der Waals surface area contributed by atoms with Crippen LogP contribution in [0, 0.1) is 5.92 Å². The Morgan fingerprint density at radius 3 is 2.75 bits per heavy atom. The molecule has 0 saturated carbocycles. The van der Waals surface area contributed by atoms with Crippen LogP contribution in [0.3, 0.4) is 0 Å². The van der Waals surface area contributed by atoms with Crippen LogP contribution in [0.2, 0.25) is 0 Å². The summed E-state index contributed by atoms with van der Waals surface area (Å²) in [4.78, 5) is 2.26. The number of rotatable bonds is 4. The second-order valence-electron chi connectivity index (χ2n) is 5.46. The maximum absolute atomic E-state index is 10.5. The van der Waals surface area contributed by atoms with Crippen LogP contribution < -0.4 is 10.5 Å².